The summed E-state index contributed by atoms with van der Waals surface area (Å²) >= 11 is 0. The Kier molecular flexibility index (Phi) is 6.46. The molecule has 0 radical (unpaired) electrons. The molecule has 1 aliphatic heterocycles. The molecule has 1 heterocycles. The summed E-state index contributed by atoms with van der Waals surface area (Å²) in [5.74, 6) is -1.26. The lowest BCUT2D eigenvalue weighted by Gasteiger charge is -2.31. The Balaban J connectivity index is 1.83. The molecule has 1 aromatic carbocycles. The summed E-state index contributed by atoms with van der Waals surface area (Å²) in [7, 11) is 0. The van der Waals surface area contributed by atoms with Gasteiger partial charge in [0.25, 0.3) is 0 Å². The Morgan fingerprint density at radius 1 is 1.38 bits per heavy atom. The van der Waals surface area contributed by atoms with Gasteiger partial charge in [-0.25, -0.2) is 4.79 Å². The number of carbonyl (C=O) groups is 2. The maximum absolute atomic E-state index is 12.2. The molecule has 132 valence electrons. The molecule has 1 aliphatic rings. The second-order valence-corrected chi connectivity index (χ2v) is 6.22. The van der Waals surface area contributed by atoms with Gasteiger partial charge >= 0.3 is 12.0 Å². The number of anilines is 1. The minimum atomic E-state index is -0.816. The molecule has 6 nitrogen and oxygen atoms in total. The Morgan fingerprint density at radius 3 is 2.79 bits per heavy atom. The first-order valence-electron chi connectivity index (χ1n) is 8.59. The minimum absolute atomic E-state index is 0.165. The van der Waals surface area contributed by atoms with Gasteiger partial charge in [-0.3, -0.25) is 4.79 Å². The van der Waals surface area contributed by atoms with Gasteiger partial charge in [0.1, 0.15) is 0 Å². The lowest BCUT2D eigenvalue weighted by molar-refractivity contribution is -0.143. The quantitative estimate of drug-likeness (QED) is 0.838. The van der Waals surface area contributed by atoms with Crippen LogP contribution in [0.4, 0.5) is 10.5 Å². The fourth-order valence-electron chi connectivity index (χ4n) is 3.14. The zero-order valence-corrected chi connectivity index (χ0v) is 14.5. The van der Waals surface area contributed by atoms with Crippen molar-refractivity contribution in [3.63, 3.8) is 0 Å². The number of para-hydroxylation sites is 1. The average molecular weight is 333 g/mol. The monoisotopic (exact) mass is 333 g/mol. The molecule has 2 rings (SSSR count). The Morgan fingerprint density at radius 2 is 2.12 bits per heavy atom. The fourth-order valence-corrected chi connectivity index (χ4v) is 3.14. The van der Waals surface area contributed by atoms with E-state index in [2.05, 4.69) is 36.2 Å². The van der Waals surface area contributed by atoms with E-state index in [4.69, 9.17) is 5.11 Å². The van der Waals surface area contributed by atoms with Crippen molar-refractivity contribution >= 4 is 17.7 Å². The first-order chi connectivity index (χ1) is 11.5. The third-order valence-corrected chi connectivity index (χ3v) is 4.55. The molecular formula is C18H27N3O3. The van der Waals surface area contributed by atoms with Crippen molar-refractivity contribution in [3.05, 3.63) is 29.8 Å². The number of likely N-dealkylation sites (tertiary alicyclic amines) is 1. The fraction of sp³-hybridized carbons (Fsp3) is 0.556. The highest BCUT2D eigenvalue weighted by atomic mass is 16.4. The van der Waals surface area contributed by atoms with Crippen molar-refractivity contribution in [2.45, 2.75) is 26.7 Å². The van der Waals surface area contributed by atoms with Crippen molar-refractivity contribution in [2.75, 3.05) is 37.6 Å². The highest BCUT2D eigenvalue weighted by Gasteiger charge is 2.27. The molecule has 2 N–H and O–H groups in total. The van der Waals surface area contributed by atoms with Crippen LogP contribution < -0.4 is 10.2 Å². The van der Waals surface area contributed by atoms with Crippen molar-refractivity contribution in [1.29, 1.82) is 0 Å². The van der Waals surface area contributed by atoms with Crippen molar-refractivity contribution in [1.82, 2.24) is 10.2 Å². The Labute approximate surface area is 143 Å². The van der Waals surface area contributed by atoms with Crippen LogP contribution in [-0.2, 0) is 4.79 Å². The lowest BCUT2D eigenvalue weighted by atomic mass is 9.99. The first kappa shape index (κ1) is 18.1. The molecule has 0 bridgehead atoms. The van der Waals surface area contributed by atoms with Gasteiger partial charge in [-0.15, -0.1) is 0 Å². The number of nitrogens with zero attached hydrogens (tertiary/aromatic N) is 2. The van der Waals surface area contributed by atoms with E-state index in [0.29, 0.717) is 26.1 Å². The highest BCUT2D eigenvalue weighted by Crippen LogP contribution is 2.19. The van der Waals surface area contributed by atoms with E-state index in [1.165, 1.54) is 11.3 Å². The minimum Gasteiger partial charge on any atom is -0.481 e. The number of hydrogen-bond donors (Lipinski definition) is 2. The van der Waals surface area contributed by atoms with Crippen molar-refractivity contribution in [3.8, 4) is 0 Å². The van der Waals surface area contributed by atoms with Gasteiger partial charge in [0, 0.05) is 38.4 Å². The largest absolute Gasteiger partial charge is 0.481 e. The molecule has 1 saturated heterocycles. The predicted molar refractivity (Wildman–Crippen MR) is 94.4 cm³/mol. The van der Waals surface area contributed by atoms with Gasteiger partial charge in [0.05, 0.1) is 5.92 Å². The van der Waals surface area contributed by atoms with Gasteiger partial charge in [0.2, 0.25) is 0 Å². The lowest BCUT2D eigenvalue weighted by Crippen LogP contribution is -2.48. The van der Waals surface area contributed by atoms with E-state index in [0.717, 1.165) is 19.5 Å². The van der Waals surface area contributed by atoms with Crippen LogP contribution >= 0.6 is 0 Å². The first-order valence-corrected chi connectivity index (χ1v) is 8.59. The number of benzene rings is 1. The average Bonchev–Trinajstić information content (AvgIpc) is 2.59. The number of aryl methyl sites for hydroxylation is 1. The molecule has 1 fully saturated rings. The van der Waals surface area contributed by atoms with E-state index in [1.54, 1.807) is 4.90 Å². The molecule has 2 amide bonds. The standard InChI is InChI=1S/C18H27N3O3/c1-3-20(16-9-5-4-7-14(16)2)12-10-19-18(24)21-11-6-8-15(13-21)17(22)23/h4-5,7,9,15H,3,6,8,10-13H2,1-2H3,(H,19,24)(H,22,23). The zero-order chi connectivity index (χ0) is 17.5. The summed E-state index contributed by atoms with van der Waals surface area (Å²) in [5.41, 5.74) is 2.39. The molecule has 1 atom stereocenters. The van der Waals surface area contributed by atoms with E-state index in [-0.39, 0.29) is 6.03 Å². The molecule has 24 heavy (non-hydrogen) atoms. The number of aliphatic carboxylic acids is 1. The van der Waals surface area contributed by atoms with Crippen molar-refractivity contribution in [2.24, 2.45) is 5.92 Å². The number of carboxylic acid groups (broad SMARTS) is 1. The maximum atomic E-state index is 12.2. The summed E-state index contributed by atoms with van der Waals surface area (Å²) in [6.45, 7) is 7.23. The van der Waals surface area contributed by atoms with Crippen LogP contribution in [0, 0.1) is 12.8 Å². The van der Waals surface area contributed by atoms with Gasteiger partial charge in [-0.05, 0) is 38.3 Å². The number of piperidine rings is 1. The van der Waals surface area contributed by atoms with Gasteiger partial charge in [-0.2, -0.15) is 0 Å². The molecule has 1 unspecified atom stereocenters. The molecule has 0 aromatic heterocycles. The van der Waals surface area contributed by atoms with Gasteiger partial charge < -0.3 is 20.2 Å². The van der Waals surface area contributed by atoms with Crippen LogP contribution in [0.5, 0.6) is 0 Å². The molecule has 0 saturated carbocycles. The second-order valence-electron chi connectivity index (χ2n) is 6.22. The highest BCUT2D eigenvalue weighted by molar-refractivity contribution is 5.76. The summed E-state index contributed by atoms with van der Waals surface area (Å²) < 4.78 is 0. The molecule has 0 aliphatic carbocycles. The molecule has 6 heteroatoms. The molecule has 1 aromatic rings. The molecule has 0 spiro atoms. The number of hydrogen-bond acceptors (Lipinski definition) is 3. The summed E-state index contributed by atoms with van der Waals surface area (Å²) in [5, 5.41) is 12.0. The molecular weight excluding hydrogens is 306 g/mol. The Bertz CT molecular complexity index is 576. The van der Waals surface area contributed by atoms with Crippen LogP contribution in [0.15, 0.2) is 24.3 Å². The van der Waals surface area contributed by atoms with Gasteiger partial charge in [0.15, 0.2) is 0 Å². The SMILES string of the molecule is CCN(CCNC(=O)N1CCCC(C(=O)O)C1)c1ccccc1C. The van der Waals surface area contributed by atoms with Crippen LogP contribution in [0.25, 0.3) is 0 Å². The van der Waals surface area contributed by atoms with Gasteiger partial charge in [-0.1, -0.05) is 18.2 Å². The van der Waals surface area contributed by atoms with Crippen LogP contribution in [0.2, 0.25) is 0 Å². The van der Waals surface area contributed by atoms with Crippen LogP contribution in [-0.4, -0.2) is 54.7 Å². The van der Waals surface area contributed by atoms with Crippen molar-refractivity contribution < 1.29 is 14.7 Å². The summed E-state index contributed by atoms with van der Waals surface area (Å²) in [6, 6.07) is 8.04. The number of carbonyl (C=O) groups excluding carboxylic acids is 1. The normalized spacial score (nSPS) is 17.4. The smallest absolute Gasteiger partial charge is 0.317 e. The van der Waals surface area contributed by atoms with E-state index >= 15 is 0 Å². The number of nitrogens with one attached hydrogen (secondary N) is 1. The number of rotatable bonds is 6. The number of likely N-dealkylation sites (N-methyl/N-ethyl adjacent to an activating group) is 1. The topological polar surface area (TPSA) is 72.9 Å². The third-order valence-electron chi connectivity index (χ3n) is 4.55. The maximum Gasteiger partial charge on any atom is 0.317 e. The summed E-state index contributed by atoms with van der Waals surface area (Å²) in [6.07, 6.45) is 1.39. The zero-order valence-electron chi connectivity index (χ0n) is 14.5. The third kappa shape index (κ3) is 4.63. The van der Waals surface area contributed by atoms with E-state index in [9.17, 15) is 9.59 Å². The van der Waals surface area contributed by atoms with Crippen LogP contribution in [0.1, 0.15) is 25.3 Å². The van der Waals surface area contributed by atoms with E-state index < -0.39 is 11.9 Å². The van der Waals surface area contributed by atoms with E-state index in [1.807, 2.05) is 12.1 Å². The number of amides is 2. The summed E-state index contributed by atoms with van der Waals surface area (Å²) in [4.78, 5) is 27.2. The second kappa shape index (κ2) is 8.57. The predicted octanol–water partition coefficient (Wildman–Crippen LogP) is 2.33. The van der Waals surface area contributed by atoms with Crippen LogP contribution in [0.3, 0.4) is 0 Å². The number of carboxylic acids is 1. The number of urea groups is 1. The Hall–Kier alpha value is -2.24.